The lowest BCUT2D eigenvalue weighted by molar-refractivity contribution is 0.0698. The second-order valence-electron chi connectivity index (χ2n) is 4.34. The van der Waals surface area contributed by atoms with Crippen molar-refractivity contribution in [1.82, 2.24) is 4.90 Å². The molecule has 1 aromatic rings. The van der Waals surface area contributed by atoms with Gasteiger partial charge in [0.05, 0.1) is 23.2 Å². The number of carboxylic acids is 1. The number of halogens is 1. The van der Waals surface area contributed by atoms with Crippen molar-refractivity contribution >= 4 is 33.6 Å². The highest BCUT2D eigenvalue weighted by Gasteiger charge is 2.16. The molecule has 0 fully saturated rings. The minimum Gasteiger partial charge on any atom is -0.478 e. The first-order chi connectivity index (χ1) is 9.35. The third kappa shape index (κ3) is 4.24. The van der Waals surface area contributed by atoms with E-state index in [0.29, 0.717) is 4.47 Å². The van der Waals surface area contributed by atoms with Crippen LogP contribution in [0.5, 0.6) is 0 Å². The maximum Gasteiger partial charge on any atom is 0.337 e. The van der Waals surface area contributed by atoms with E-state index in [2.05, 4.69) is 21.2 Å². The van der Waals surface area contributed by atoms with Gasteiger partial charge in [0.15, 0.2) is 0 Å². The lowest BCUT2D eigenvalue weighted by Crippen LogP contribution is -2.34. The number of rotatable bonds is 4. The van der Waals surface area contributed by atoms with Gasteiger partial charge in [0, 0.05) is 18.1 Å². The van der Waals surface area contributed by atoms with E-state index in [1.807, 2.05) is 6.07 Å². The van der Waals surface area contributed by atoms with Crippen molar-refractivity contribution in [1.29, 1.82) is 5.26 Å². The maximum atomic E-state index is 11.9. The highest BCUT2D eigenvalue weighted by molar-refractivity contribution is 9.10. The SMILES string of the molecule is CC(C#N)CN(C)C(=O)Nc1ccc(Br)cc1C(=O)O. The zero-order chi connectivity index (χ0) is 15.3. The van der Waals surface area contributed by atoms with Gasteiger partial charge in [-0.15, -0.1) is 0 Å². The molecule has 0 aromatic heterocycles. The third-order valence-electron chi connectivity index (χ3n) is 2.57. The molecule has 1 unspecified atom stereocenters. The average Bonchev–Trinajstić information content (AvgIpc) is 2.40. The molecule has 0 aliphatic rings. The summed E-state index contributed by atoms with van der Waals surface area (Å²) in [5.41, 5.74) is 0.205. The highest BCUT2D eigenvalue weighted by Crippen LogP contribution is 2.21. The van der Waals surface area contributed by atoms with E-state index in [1.54, 1.807) is 20.0 Å². The highest BCUT2D eigenvalue weighted by atomic mass is 79.9. The fourth-order valence-electron chi connectivity index (χ4n) is 1.55. The molecule has 2 N–H and O–H groups in total. The van der Waals surface area contributed by atoms with E-state index in [0.717, 1.165) is 0 Å². The van der Waals surface area contributed by atoms with Gasteiger partial charge < -0.3 is 15.3 Å². The Balaban J connectivity index is 2.86. The number of benzene rings is 1. The first-order valence-electron chi connectivity index (χ1n) is 5.79. The number of carboxylic acid groups (broad SMARTS) is 1. The van der Waals surface area contributed by atoms with Crippen LogP contribution in [0.4, 0.5) is 10.5 Å². The number of amides is 2. The van der Waals surface area contributed by atoms with Gasteiger partial charge in [-0.1, -0.05) is 15.9 Å². The third-order valence-corrected chi connectivity index (χ3v) is 3.06. The van der Waals surface area contributed by atoms with Crippen LogP contribution in [0, 0.1) is 17.2 Å². The number of anilines is 1. The molecule has 2 amide bonds. The number of carbonyl (C=O) groups is 2. The molecule has 0 heterocycles. The topological polar surface area (TPSA) is 93.4 Å². The normalized spacial score (nSPS) is 11.3. The monoisotopic (exact) mass is 339 g/mol. The molecule has 106 valence electrons. The second kappa shape index (κ2) is 6.91. The van der Waals surface area contributed by atoms with Crippen LogP contribution in [-0.4, -0.2) is 35.6 Å². The maximum absolute atomic E-state index is 11.9. The van der Waals surface area contributed by atoms with Crippen molar-refractivity contribution in [2.75, 3.05) is 18.9 Å². The van der Waals surface area contributed by atoms with Crippen molar-refractivity contribution in [2.24, 2.45) is 5.92 Å². The number of aromatic carboxylic acids is 1. The molecule has 1 rings (SSSR count). The summed E-state index contributed by atoms with van der Waals surface area (Å²) in [6.45, 7) is 1.97. The smallest absolute Gasteiger partial charge is 0.337 e. The molecule has 6 nitrogen and oxygen atoms in total. The number of nitrogens with one attached hydrogen (secondary N) is 1. The summed E-state index contributed by atoms with van der Waals surface area (Å²) in [5, 5.41) is 20.3. The standard InChI is InChI=1S/C13H14BrN3O3/c1-8(6-15)7-17(2)13(20)16-11-4-3-9(14)5-10(11)12(18)19/h3-5,8H,7H2,1-2H3,(H,16,20)(H,18,19). The zero-order valence-corrected chi connectivity index (χ0v) is 12.6. The largest absolute Gasteiger partial charge is 0.478 e. The van der Waals surface area contributed by atoms with Gasteiger partial charge >= 0.3 is 12.0 Å². The molecule has 20 heavy (non-hydrogen) atoms. The van der Waals surface area contributed by atoms with Crippen molar-refractivity contribution in [3.05, 3.63) is 28.2 Å². The number of urea groups is 1. The summed E-state index contributed by atoms with van der Waals surface area (Å²) in [4.78, 5) is 24.4. The van der Waals surface area contributed by atoms with E-state index in [1.165, 1.54) is 17.0 Å². The zero-order valence-electron chi connectivity index (χ0n) is 11.1. The van der Waals surface area contributed by atoms with E-state index in [4.69, 9.17) is 10.4 Å². The minimum atomic E-state index is -1.13. The summed E-state index contributed by atoms with van der Waals surface area (Å²) < 4.78 is 0.611. The molecule has 0 saturated carbocycles. The fraction of sp³-hybridized carbons (Fsp3) is 0.308. The summed E-state index contributed by atoms with van der Waals surface area (Å²) in [6.07, 6.45) is 0. The number of hydrogen-bond acceptors (Lipinski definition) is 3. The predicted octanol–water partition coefficient (Wildman–Crippen LogP) is 2.77. The second-order valence-corrected chi connectivity index (χ2v) is 5.25. The quantitative estimate of drug-likeness (QED) is 0.881. The Labute approximate surface area is 125 Å². The minimum absolute atomic E-state index is 0.00513. The van der Waals surface area contributed by atoms with Crippen LogP contribution in [0.1, 0.15) is 17.3 Å². The van der Waals surface area contributed by atoms with E-state index >= 15 is 0 Å². The Morgan fingerprint density at radius 1 is 1.55 bits per heavy atom. The molecule has 1 atom stereocenters. The molecule has 7 heteroatoms. The van der Waals surface area contributed by atoms with Gasteiger partial charge in [-0.25, -0.2) is 9.59 Å². The Morgan fingerprint density at radius 3 is 2.75 bits per heavy atom. The van der Waals surface area contributed by atoms with Gasteiger partial charge in [-0.2, -0.15) is 5.26 Å². The summed E-state index contributed by atoms with van der Waals surface area (Å²) in [7, 11) is 1.54. The van der Waals surface area contributed by atoms with Crippen molar-refractivity contribution in [3.8, 4) is 6.07 Å². The summed E-state index contributed by atoms with van der Waals surface area (Å²) >= 11 is 3.18. The number of nitriles is 1. The van der Waals surface area contributed by atoms with Gasteiger partial charge in [-0.3, -0.25) is 0 Å². The number of hydrogen-bond donors (Lipinski definition) is 2. The average molecular weight is 340 g/mol. The van der Waals surface area contributed by atoms with Crippen molar-refractivity contribution in [2.45, 2.75) is 6.92 Å². The number of carbonyl (C=O) groups excluding carboxylic acids is 1. The van der Waals surface area contributed by atoms with Crippen molar-refractivity contribution in [3.63, 3.8) is 0 Å². The summed E-state index contributed by atoms with van der Waals surface area (Å²) in [5.74, 6) is -1.43. The van der Waals surface area contributed by atoms with Crippen LogP contribution < -0.4 is 5.32 Å². The van der Waals surface area contributed by atoms with Crippen LogP contribution in [0.15, 0.2) is 22.7 Å². The van der Waals surface area contributed by atoms with Gasteiger partial charge in [0.2, 0.25) is 0 Å². The molecule has 0 bridgehead atoms. The molecule has 0 aliphatic heterocycles. The van der Waals surface area contributed by atoms with Gasteiger partial charge in [0.25, 0.3) is 0 Å². The Kier molecular flexibility index (Phi) is 5.53. The molecule has 0 saturated heterocycles. The lowest BCUT2D eigenvalue weighted by atomic mass is 10.2. The van der Waals surface area contributed by atoms with Crippen LogP contribution in [0.25, 0.3) is 0 Å². The van der Waals surface area contributed by atoms with Crippen molar-refractivity contribution < 1.29 is 14.7 Å². The molecule has 0 spiro atoms. The van der Waals surface area contributed by atoms with Gasteiger partial charge in [-0.05, 0) is 25.1 Å². The molecular weight excluding hydrogens is 326 g/mol. The Hall–Kier alpha value is -2.07. The molecular formula is C13H14BrN3O3. The van der Waals surface area contributed by atoms with E-state index in [-0.39, 0.29) is 23.7 Å². The molecule has 0 aliphatic carbocycles. The van der Waals surface area contributed by atoms with Crippen LogP contribution in [0.3, 0.4) is 0 Å². The Morgan fingerprint density at radius 2 is 2.20 bits per heavy atom. The van der Waals surface area contributed by atoms with Gasteiger partial charge in [0.1, 0.15) is 0 Å². The van der Waals surface area contributed by atoms with Crippen LogP contribution in [0.2, 0.25) is 0 Å². The molecule has 0 radical (unpaired) electrons. The number of nitrogens with zero attached hydrogens (tertiary/aromatic N) is 2. The fourth-order valence-corrected chi connectivity index (χ4v) is 1.91. The lowest BCUT2D eigenvalue weighted by Gasteiger charge is -2.19. The van der Waals surface area contributed by atoms with Crippen LogP contribution >= 0.6 is 15.9 Å². The first kappa shape index (κ1) is 16.0. The van der Waals surface area contributed by atoms with E-state index in [9.17, 15) is 9.59 Å². The molecule has 1 aromatic carbocycles. The first-order valence-corrected chi connectivity index (χ1v) is 6.59. The predicted molar refractivity (Wildman–Crippen MR) is 77.5 cm³/mol. The van der Waals surface area contributed by atoms with E-state index < -0.39 is 12.0 Å². The van der Waals surface area contributed by atoms with Crippen LogP contribution in [-0.2, 0) is 0 Å². The Bertz CT molecular complexity index is 568. The summed E-state index contributed by atoms with van der Waals surface area (Å²) in [6, 6.07) is 6.13.